The molecule has 9 amide bonds. The standard InChI is InChI=1S/C24H22FN5O2.C21H21F4N5O2.C19H20F3N7O2.C18H18F3N7O2/c25-17-5-3-4-16(14-17)7-10-21(31)19-8-9-20-23(27-19)30(18-11-13-29(20)15-18)24(32)28-22-6-1-2-12-26-22;1-11-7-18(26-9-14(11)22)28-20(32)30-13-5-6-29(10-13)16-4-3-15(27-19(16)30)17(31)8-12(2)21(23,24)25;20-19(21,22)15(23)5-4-14(30)12-2-3-13-16(26-12)29(11-6-9-28(13)10-11)18(31)27-17-24-7-1-8-25-17;1-10(18(19,20)21)24-16(29)12-2-3-13-15(25-12)28(11-4-7-27(13)9-11)17(30)26-14-8-22-5-6-23-14/h1-6,8-9,12,14,18H,7,10-11,13,15H2,(H,26,28,32);3-4,7,9,12-13H,5-6,8,10H2,1-2H3,(H,26,28,32);1-3,7-8,11,15H,4-6,9-10,23H2,(H,24,25,27,31);2-3,5-6,8,10-11H,4,7,9H2,1H3,(H,24,29)(H,23,26,30)/t18-;12-,13-;11-,15+;10-,11+/m0001/s1. The van der Waals surface area contributed by atoms with E-state index in [1.54, 1.807) is 78.7 Å². The number of hydrogen-bond acceptors (Lipinski definition) is 23. The van der Waals surface area contributed by atoms with Gasteiger partial charge in [-0.15, -0.1) is 0 Å². The summed E-state index contributed by atoms with van der Waals surface area (Å²) in [5, 5.41) is 12.6. The number of pyridine rings is 6. The van der Waals surface area contributed by atoms with Crippen molar-refractivity contribution in [2.45, 2.75) is 133 Å². The van der Waals surface area contributed by atoms with Crippen molar-refractivity contribution in [1.82, 2.24) is 55.2 Å². The smallest absolute Gasteiger partial charge is 0.366 e. The third-order valence-electron chi connectivity index (χ3n) is 22.1. The Bertz CT molecular complexity index is 5540. The molecule has 1 aromatic carbocycles. The molecule has 8 aliphatic rings. The first kappa shape index (κ1) is 87.6. The summed E-state index contributed by atoms with van der Waals surface area (Å²) in [6, 6.07) is 20.7. The zero-order chi connectivity index (χ0) is 88.9. The van der Waals surface area contributed by atoms with Crippen LogP contribution in [-0.2, 0) is 6.42 Å². The van der Waals surface area contributed by atoms with Gasteiger partial charge >= 0.3 is 42.7 Å². The van der Waals surface area contributed by atoms with Crippen LogP contribution < -0.4 is 71.5 Å². The average Bonchev–Trinajstić information content (AvgIpc) is 1.69. The van der Waals surface area contributed by atoms with Crippen LogP contribution in [0.25, 0.3) is 0 Å². The van der Waals surface area contributed by atoms with Gasteiger partial charge in [0.05, 0.1) is 65.2 Å². The Morgan fingerprint density at radius 1 is 0.456 bits per heavy atom. The minimum atomic E-state index is -4.57. The maximum Gasteiger partial charge on any atom is 0.408 e. The lowest BCUT2D eigenvalue weighted by Gasteiger charge is -2.35. The molecule has 9 aromatic rings. The fraction of sp³-hybridized carbons (Fsp3) is 0.366. The number of alkyl halides is 9. The Balaban J connectivity index is 0.000000135. The monoisotopic (exact) mass is 1740 g/mol. The van der Waals surface area contributed by atoms with Crippen molar-refractivity contribution in [1.29, 1.82) is 0 Å². The number of hydrogen-bond donors (Lipinski definition) is 6. The number of aryl methyl sites for hydroxylation is 2. The van der Waals surface area contributed by atoms with E-state index in [0.29, 0.717) is 98.4 Å². The molecule has 8 aromatic heterocycles. The molecule has 7 N–H and O–H groups in total. The number of rotatable bonds is 17. The van der Waals surface area contributed by atoms with Crippen molar-refractivity contribution < 1.29 is 86.7 Å². The predicted octanol–water partition coefficient (Wildman–Crippen LogP) is 12.9. The van der Waals surface area contributed by atoms with Crippen molar-refractivity contribution in [3.63, 3.8) is 0 Å². The van der Waals surface area contributed by atoms with Gasteiger partial charge in [-0.2, -0.15) is 39.5 Å². The topological polar surface area (TPSA) is 378 Å². The lowest BCUT2D eigenvalue weighted by atomic mass is 10.0. The molecule has 17 rings (SSSR count). The first-order valence-corrected chi connectivity index (χ1v) is 39.7. The molecule has 0 aliphatic carbocycles. The molecule has 0 saturated carbocycles. The van der Waals surface area contributed by atoms with Crippen LogP contribution in [0.1, 0.15) is 118 Å². The molecule has 8 aliphatic heterocycles. The lowest BCUT2D eigenvalue weighted by molar-refractivity contribution is -0.168. The van der Waals surface area contributed by atoms with E-state index in [9.17, 15) is 86.7 Å². The van der Waals surface area contributed by atoms with Crippen LogP contribution in [-0.4, -0.2) is 204 Å². The normalized spacial score (nSPS) is 18.0. The van der Waals surface area contributed by atoms with Crippen molar-refractivity contribution >= 4 is 117 Å². The SMILES string of the molecule is C[C@@H](NC(=O)c1ccc2c(n1)N(C(=O)Nc1cnccn1)[C@H]1CCN2C1)C(F)(F)F.Cc1cc(NC(=O)N2c3nc(C(=O)C[C@H](C)C(F)(F)F)ccc3N3CC[C@H]2C3)ncc1F.N[C@H](CCC(=O)c1ccc2c(n1)N(C(=O)Nc1ncccn1)[C@H]1CCN2C1)C(F)(F)F.O=C(CCc1cccc(F)c1)c1ccc2c(n1)N(C(=O)Nc1ccccn1)[C@H]1CCN2C1. The highest BCUT2D eigenvalue weighted by atomic mass is 19.4. The van der Waals surface area contributed by atoms with Gasteiger partial charge in [-0.3, -0.25) is 65.0 Å². The average molecular weight is 1740 g/mol. The molecular formula is C82H81F11N24O8. The number of nitrogens with one attached hydrogen (secondary N) is 5. The summed E-state index contributed by atoms with van der Waals surface area (Å²) in [7, 11) is 0. The maximum atomic E-state index is 13.5. The highest BCUT2D eigenvalue weighted by Crippen LogP contribution is 2.45. The van der Waals surface area contributed by atoms with Gasteiger partial charge in [0.2, 0.25) is 5.95 Å². The number of aromatic nitrogens is 10. The molecule has 4 fully saturated rings. The second-order valence-electron chi connectivity index (χ2n) is 30.6. The third-order valence-corrected chi connectivity index (χ3v) is 22.1. The molecule has 16 heterocycles. The van der Waals surface area contributed by atoms with Gasteiger partial charge in [-0.25, -0.2) is 72.8 Å². The van der Waals surface area contributed by atoms with E-state index in [1.165, 1.54) is 82.1 Å². The number of amides is 9. The Morgan fingerprint density at radius 2 is 0.912 bits per heavy atom. The van der Waals surface area contributed by atoms with E-state index >= 15 is 0 Å². The summed E-state index contributed by atoms with van der Waals surface area (Å²) in [5.74, 6) is -2.86. The molecule has 7 atom stereocenters. The number of anilines is 12. The summed E-state index contributed by atoms with van der Waals surface area (Å²) in [5.41, 5.74) is 8.91. The molecule has 32 nitrogen and oxygen atoms in total. The molecular weight excluding hydrogens is 1660 g/mol. The van der Waals surface area contributed by atoms with Crippen LogP contribution in [0, 0.1) is 24.5 Å². The van der Waals surface area contributed by atoms with Crippen molar-refractivity contribution in [2.75, 3.05) is 113 Å². The van der Waals surface area contributed by atoms with Gasteiger partial charge in [0, 0.05) is 103 Å². The zero-order valence-corrected chi connectivity index (χ0v) is 67.0. The van der Waals surface area contributed by atoms with Crippen LogP contribution >= 0.6 is 0 Å². The van der Waals surface area contributed by atoms with E-state index in [-0.39, 0.29) is 100 Å². The lowest BCUT2D eigenvalue weighted by Crippen LogP contribution is -2.49. The summed E-state index contributed by atoms with van der Waals surface area (Å²) >= 11 is 0. The van der Waals surface area contributed by atoms with E-state index in [2.05, 4.69) is 80.9 Å². The molecule has 4 saturated heterocycles. The number of carbonyl (C=O) groups is 8. The number of Topliss-reactive ketones (excluding diaryl/α,β-unsaturated/α-hetero) is 3. The van der Waals surface area contributed by atoms with E-state index in [4.69, 9.17) is 5.73 Å². The summed E-state index contributed by atoms with van der Waals surface area (Å²) in [6.07, 6.45) is -1.87. The van der Waals surface area contributed by atoms with Gasteiger partial charge in [0.15, 0.2) is 46.4 Å². The highest BCUT2D eigenvalue weighted by molar-refractivity contribution is 6.09. The van der Waals surface area contributed by atoms with Crippen molar-refractivity contribution in [3.8, 4) is 0 Å². The van der Waals surface area contributed by atoms with Crippen LogP contribution in [0.2, 0.25) is 0 Å². The van der Waals surface area contributed by atoms with Crippen molar-refractivity contribution in [2.24, 2.45) is 11.7 Å². The van der Waals surface area contributed by atoms with Gasteiger partial charge in [-0.05, 0) is 148 Å². The number of fused-ring (bicyclic) bond motifs is 16. The van der Waals surface area contributed by atoms with Crippen LogP contribution in [0.4, 0.5) is 137 Å². The van der Waals surface area contributed by atoms with Gasteiger partial charge in [0.1, 0.15) is 58.1 Å². The summed E-state index contributed by atoms with van der Waals surface area (Å²) in [6.45, 7) is 8.78. The van der Waals surface area contributed by atoms with E-state index in [1.807, 2.05) is 21.2 Å². The number of urea groups is 4. The van der Waals surface area contributed by atoms with Crippen LogP contribution in [0.3, 0.4) is 0 Å². The first-order chi connectivity index (χ1) is 59.6. The fourth-order valence-corrected chi connectivity index (χ4v) is 15.4. The van der Waals surface area contributed by atoms with Crippen LogP contribution in [0.15, 0.2) is 147 Å². The number of ketones is 3. The molecule has 125 heavy (non-hydrogen) atoms. The Hall–Kier alpha value is -13.8. The Morgan fingerprint density at radius 3 is 1.37 bits per heavy atom. The van der Waals surface area contributed by atoms with E-state index < -0.39 is 97.2 Å². The molecule has 0 spiro atoms. The first-order valence-electron chi connectivity index (χ1n) is 39.7. The van der Waals surface area contributed by atoms with Crippen LogP contribution in [0.5, 0.6) is 0 Å². The van der Waals surface area contributed by atoms with Crippen molar-refractivity contribution in [3.05, 3.63) is 192 Å². The Labute approximate surface area is 705 Å². The number of nitrogens with zero attached hydrogens (tertiary/aromatic N) is 18. The minimum absolute atomic E-state index is 0.00983. The molecule has 654 valence electrons. The third kappa shape index (κ3) is 20.1. The molecule has 0 unspecified atom stereocenters. The molecule has 0 radical (unpaired) electrons. The summed E-state index contributed by atoms with van der Waals surface area (Å²) < 4.78 is 142. The molecule has 8 bridgehead atoms. The fourth-order valence-electron chi connectivity index (χ4n) is 15.4. The van der Waals surface area contributed by atoms with Gasteiger partial charge in [0.25, 0.3) is 5.91 Å². The Kier molecular flexibility index (Phi) is 25.7. The minimum Gasteiger partial charge on any atom is -0.366 e. The number of halogens is 11. The zero-order valence-electron chi connectivity index (χ0n) is 67.0. The number of carbonyl (C=O) groups excluding carboxylic acids is 8. The van der Waals surface area contributed by atoms with E-state index in [0.717, 1.165) is 57.4 Å². The van der Waals surface area contributed by atoms with Gasteiger partial charge in [-0.1, -0.05) is 25.1 Å². The predicted molar refractivity (Wildman–Crippen MR) is 436 cm³/mol. The number of benzene rings is 1. The second kappa shape index (κ2) is 36.7. The number of nitrogens with two attached hydrogens (primary N) is 1. The molecule has 43 heteroatoms. The maximum absolute atomic E-state index is 13.5. The van der Waals surface area contributed by atoms with Gasteiger partial charge < -0.3 is 30.7 Å². The highest BCUT2D eigenvalue weighted by Gasteiger charge is 2.47. The quantitative estimate of drug-likeness (QED) is 0.0364. The second-order valence-corrected chi connectivity index (χ2v) is 30.6. The summed E-state index contributed by atoms with van der Waals surface area (Å²) in [4.78, 5) is 158. The largest absolute Gasteiger partial charge is 0.408 e.